The van der Waals surface area contributed by atoms with Gasteiger partial charge in [0.15, 0.2) is 0 Å². The van der Waals surface area contributed by atoms with Crippen molar-refractivity contribution in [2.45, 2.75) is 49.6 Å². The second-order valence-electron chi connectivity index (χ2n) is 5.14. The Morgan fingerprint density at radius 3 is 2.74 bits per heavy atom. The van der Waals surface area contributed by atoms with Gasteiger partial charge in [-0.05, 0) is 19.8 Å². The lowest BCUT2D eigenvalue weighted by Crippen LogP contribution is -2.43. The van der Waals surface area contributed by atoms with Crippen LogP contribution in [0.3, 0.4) is 0 Å². The third-order valence-electron chi connectivity index (χ3n) is 3.30. The van der Waals surface area contributed by atoms with Crippen molar-refractivity contribution in [1.29, 1.82) is 0 Å². The van der Waals surface area contributed by atoms with Crippen molar-refractivity contribution < 1.29 is 18.3 Å². The molecule has 1 heterocycles. The summed E-state index contributed by atoms with van der Waals surface area (Å²) in [6, 6.07) is 0. The van der Waals surface area contributed by atoms with Gasteiger partial charge in [0.2, 0.25) is 10.0 Å². The van der Waals surface area contributed by atoms with E-state index in [0.29, 0.717) is 0 Å². The topological polar surface area (TPSA) is 101 Å². The van der Waals surface area contributed by atoms with Gasteiger partial charge < -0.3 is 5.11 Å². The lowest BCUT2D eigenvalue weighted by Gasteiger charge is -2.24. The number of nitrogens with zero attached hydrogens (tertiary/aromatic N) is 2. The van der Waals surface area contributed by atoms with E-state index in [9.17, 15) is 13.2 Å². The second-order valence-corrected chi connectivity index (χ2v) is 6.82. The van der Waals surface area contributed by atoms with Gasteiger partial charge in [-0.15, -0.1) is 0 Å². The van der Waals surface area contributed by atoms with E-state index in [1.54, 1.807) is 0 Å². The lowest BCUT2D eigenvalue weighted by molar-refractivity contribution is -0.137. The zero-order chi connectivity index (χ0) is 14.1. The molecule has 8 heteroatoms. The summed E-state index contributed by atoms with van der Waals surface area (Å²) in [6.07, 6.45) is 6.05. The normalized spacial score (nSPS) is 18.6. The predicted octanol–water partition coefficient (Wildman–Crippen LogP) is 0.579. The van der Waals surface area contributed by atoms with E-state index >= 15 is 0 Å². The van der Waals surface area contributed by atoms with Crippen molar-refractivity contribution in [2.75, 3.05) is 0 Å². The number of sulfonamides is 1. The number of carboxylic acids is 1. The van der Waals surface area contributed by atoms with Gasteiger partial charge in [-0.3, -0.25) is 9.48 Å². The van der Waals surface area contributed by atoms with E-state index < -0.39 is 21.5 Å². The maximum absolute atomic E-state index is 12.2. The number of aromatic nitrogens is 2. The molecule has 1 aliphatic rings. The molecule has 0 unspecified atom stereocenters. The highest BCUT2D eigenvalue weighted by Crippen LogP contribution is 2.30. The molecule has 0 saturated heterocycles. The van der Waals surface area contributed by atoms with Crippen LogP contribution in [0.25, 0.3) is 0 Å². The molecule has 2 rings (SSSR count). The van der Waals surface area contributed by atoms with Gasteiger partial charge in [0.05, 0.1) is 6.20 Å². The van der Waals surface area contributed by atoms with Crippen molar-refractivity contribution in [2.24, 2.45) is 0 Å². The van der Waals surface area contributed by atoms with Crippen LogP contribution in [0.2, 0.25) is 0 Å². The number of aliphatic carboxylic acids is 1. The van der Waals surface area contributed by atoms with Crippen molar-refractivity contribution in [3.63, 3.8) is 0 Å². The quantitative estimate of drug-likeness (QED) is 0.825. The van der Waals surface area contributed by atoms with E-state index in [-0.39, 0.29) is 11.4 Å². The summed E-state index contributed by atoms with van der Waals surface area (Å²) in [7, 11) is -3.64. The Morgan fingerprint density at radius 2 is 2.16 bits per heavy atom. The van der Waals surface area contributed by atoms with Crippen LogP contribution in [0, 0.1) is 0 Å². The summed E-state index contributed by atoms with van der Waals surface area (Å²) in [5.74, 6) is -1.07. The molecule has 0 aliphatic heterocycles. The van der Waals surface area contributed by atoms with Gasteiger partial charge in [0.25, 0.3) is 0 Å². The molecule has 1 saturated carbocycles. The summed E-state index contributed by atoms with van der Waals surface area (Å²) in [5.41, 5.74) is -0.409. The zero-order valence-corrected chi connectivity index (χ0v) is 11.5. The Hall–Kier alpha value is -1.41. The molecule has 0 atom stereocenters. The fourth-order valence-corrected chi connectivity index (χ4v) is 3.77. The zero-order valence-electron chi connectivity index (χ0n) is 10.7. The average Bonchev–Trinajstić information content (AvgIpc) is 2.86. The Kier molecular flexibility index (Phi) is 3.64. The average molecular weight is 287 g/mol. The number of hydrogen-bond acceptors (Lipinski definition) is 4. The van der Waals surface area contributed by atoms with Crippen molar-refractivity contribution in [3.05, 3.63) is 12.4 Å². The van der Waals surface area contributed by atoms with Crippen molar-refractivity contribution in [3.8, 4) is 0 Å². The molecule has 0 bridgehead atoms. The first-order valence-electron chi connectivity index (χ1n) is 6.09. The fourth-order valence-electron chi connectivity index (χ4n) is 2.35. The van der Waals surface area contributed by atoms with Crippen molar-refractivity contribution >= 4 is 16.0 Å². The first-order valence-corrected chi connectivity index (χ1v) is 7.57. The van der Waals surface area contributed by atoms with E-state index in [0.717, 1.165) is 30.4 Å². The Balaban J connectivity index is 2.15. The summed E-state index contributed by atoms with van der Waals surface area (Å²) in [4.78, 5) is 10.5. The Bertz CT molecular complexity index is 573. The lowest BCUT2D eigenvalue weighted by atomic mass is 10.0. The minimum Gasteiger partial charge on any atom is -0.480 e. The monoisotopic (exact) mass is 287 g/mol. The van der Waals surface area contributed by atoms with E-state index in [4.69, 9.17) is 5.11 Å². The molecule has 7 nitrogen and oxygen atoms in total. The minimum atomic E-state index is -3.64. The van der Waals surface area contributed by atoms with Gasteiger partial charge in [-0.25, -0.2) is 13.1 Å². The van der Waals surface area contributed by atoms with Gasteiger partial charge in [0, 0.05) is 11.7 Å². The third kappa shape index (κ3) is 3.32. The smallest absolute Gasteiger partial charge is 0.325 e. The largest absolute Gasteiger partial charge is 0.480 e. The number of nitrogens with one attached hydrogen (secondary N) is 1. The van der Waals surface area contributed by atoms with Crippen LogP contribution in [0.15, 0.2) is 17.3 Å². The van der Waals surface area contributed by atoms with Gasteiger partial charge >= 0.3 is 5.97 Å². The van der Waals surface area contributed by atoms with Crippen LogP contribution < -0.4 is 4.72 Å². The molecule has 19 heavy (non-hydrogen) atoms. The molecular weight excluding hydrogens is 270 g/mol. The van der Waals surface area contributed by atoms with Crippen LogP contribution in [-0.4, -0.2) is 34.8 Å². The predicted molar refractivity (Wildman–Crippen MR) is 67.1 cm³/mol. The van der Waals surface area contributed by atoms with Gasteiger partial charge in [-0.2, -0.15) is 5.10 Å². The first kappa shape index (κ1) is 14.0. The molecule has 1 aromatic rings. The van der Waals surface area contributed by atoms with Gasteiger partial charge in [0.1, 0.15) is 11.4 Å². The molecule has 0 aromatic carbocycles. The van der Waals surface area contributed by atoms with Crippen LogP contribution in [0.1, 0.15) is 32.6 Å². The first-order chi connectivity index (χ1) is 8.81. The number of rotatable bonds is 5. The molecule has 1 aliphatic carbocycles. The van der Waals surface area contributed by atoms with Crippen LogP contribution in [-0.2, 0) is 21.4 Å². The molecule has 0 amide bonds. The maximum atomic E-state index is 12.2. The SMILES string of the molecule is CC1(NS(=O)(=O)c2cnn(CC(=O)O)c2)CCCC1. The molecule has 2 N–H and O–H groups in total. The van der Waals surface area contributed by atoms with Crippen LogP contribution in [0.5, 0.6) is 0 Å². The van der Waals surface area contributed by atoms with E-state index in [1.807, 2.05) is 6.92 Å². The number of carbonyl (C=O) groups is 1. The molecule has 1 fully saturated rings. The van der Waals surface area contributed by atoms with E-state index in [1.165, 1.54) is 12.4 Å². The Morgan fingerprint density at radius 1 is 1.53 bits per heavy atom. The highest BCUT2D eigenvalue weighted by Gasteiger charge is 2.34. The number of hydrogen-bond donors (Lipinski definition) is 2. The molecule has 106 valence electrons. The summed E-state index contributed by atoms with van der Waals surface area (Å²) < 4.78 is 28.1. The van der Waals surface area contributed by atoms with Crippen LogP contribution >= 0.6 is 0 Å². The number of carboxylic acid groups (broad SMARTS) is 1. The Labute approximate surface area is 111 Å². The maximum Gasteiger partial charge on any atom is 0.325 e. The van der Waals surface area contributed by atoms with Crippen molar-refractivity contribution in [1.82, 2.24) is 14.5 Å². The molecular formula is C11H17N3O4S. The summed E-state index contributed by atoms with van der Waals surface area (Å²) >= 11 is 0. The second kappa shape index (κ2) is 4.93. The third-order valence-corrected chi connectivity index (χ3v) is 4.90. The summed E-state index contributed by atoms with van der Waals surface area (Å²) in [6.45, 7) is 1.53. The summed E-state index contributed by atoms with van der Waals surface area (Å²) in [5, 5.41) is 12.4. The highest BCUT2D eigenvalue weighted by molar-refractivity contribution is 7.89. The molecule has 0 radical (unpaired) electrons. The van der Waals surface area contributed by atoms with Gasteiger partial charge in [-0.1, -0.05) is 12.8 Å². The molecule has 0 spiro atoms. The molecule has 1 aromatic heterocycles. The highest BCUT2D eigenvalue weighted by atomic mass is 32.2. The fraction of sp³-hybridized carbons (Fsp3) is 0.636. The minimum absolute atomic E-state index is 0.00174. The van der Waals surface area contributed by atoms with Crippen LogP contribution in [0.4, 0.5) is 0 Å². The van der Waals surface area contributed by atoms with E-state index in [2.05, 4.69) is 9.82 Å². The standard InChI is InChI=1S/C11H17N3O4S/c1-11(4-2-3-5-11)13-19(17,18)9-6-12-14(7-9)8-10(15)16/h6-7,13H,2-5,8H2,1H3,(H,15,16).